The number of aromatic hydroxyl groups is 2. The minimum Gasteiger partial charge on any atom is -0.507 e. The van der Waals surface area contributed by atoms with Crippen molar-refractivity contribution in [3.63, 3.8) is 0 Å². The highest BCUT2D eigenvalue weighted by Gasteiger charge is 2.27. The Morgan fingerprint density at radius 2 is 2.19 bits per heavy atom. The van der Waals surface area contributed by atoms with Crippen molar-refractivity contribution in [2.24, 2.45) is 0 Å². The van der Waals surface area contributed by atoms with Crippen LogP contribution in [0.4, 0.5) is 0 Å². The van der Waals surface area contributed by atoms with Crippen molar-refractivity contribution in [3.8, 4) is 22.2 Å². The Hall–Kier alpha value is -2.12. The number of benzene rings is 1. The van der Waals surface area contributed by atoms with Crippen LogP contribution in [0.2, 0.25) is 0 Å². The average Bonchev–Trinajstić information content (AvgIpc) is 2.89. The van der Waals surface area contributed by atoms with E-state index in [4.69, 9.17) is 4.74 Å². The van der Waals surface area contributed by atoms with Gasteiger partial charge in [-0.2, -0.15) is 0 Å². The molecule has 1 aromatic heterocycles. The maximum absolute atomic E-state index is 10.9. The van der Waals surface area contributed by atoms with Crippen molar-refractivity contribution in [2.45, 2.75) is 6.10 Å². The molecule has 1 amide bonds. The Bertz CT molecular complexity index is 658. The van der Waals surface area contributed by atoms with Gasteiger partial charge in [-0.1, -0.05) is 12.1 Å². The Morgan fingerprint density at radius 1 is 1.38 bits per heavy atom. The third kappa shape index (κ3) is 2.70. The summed E-state index contributed by atoms with van der Waals surface area (Å²) in [5, 5.41) is 20.4. The topological polar surface area (TPSA) is 82.9 Å². The van der Waals surface area contributed by atoms with Gasteiger partial charge in [0, 0.05) is 6.54 Å². The van der Waals surface area contributed by atoms with Gasteiger partial charge in [-0.25, -0.2) is 4.98 Å². The number of thiazole rings is 1. The molecule has 21 heavy (non-hydrogen) atoms. The monoisotopic (exact) mass is 306 g/mol. The van der Waals surface area contributed by atoms with E-state index in [1.165, 1.54) is 11.3 Å². The zero-order chi connectivity index (χ0) is 14.8. The summed E-state index contributed by atoms with van der Waals surface area (Å²) in [5.41, 5.74) is 0.562. The first-order valence-corrected chi connectivity index (χ1v) is 7.29. The van der Waals surface area contributed by atoms with Gasteiger partial charge in [0.15, 0.2) is 0 Å². The van der Waals surface area contributed by atoms with E-state index in [9.17, 15) is 15.0 Å². The van der Waals surface area contributed by atoms with E-state index in [-0.39, 0.29) is 17.7 Å². The molecule has 0 saturated carbocycles. The molecular formula is C14H14N2O4S. The lowest BCUT2D eigenvalue weighted by Gasteiger charge is -2.29. The van der Waals surface area contributed by atoms with Gasteiger partial charge in [-0.15, -0.1) is 11.3 Å². The molecule has 1 atom stereocenters. The van der Waals surface area contributed by atoms with Crippen LogP contribution in [0, 0.1) is 0 Å². The molecule has 7 heteroatoms. The highest BCUT2D eigenvalue weighted by Crippen LogP contribution is 2.40. The first-order chi connectivity index (χ1) is 10.2. The van der Waals surface area contributed by atoms with E-state index < -0.39 is 0 Å². The van der Waals surface area contributed by atoms with Crippen molar-refractivity contribution in [2.75, 3.05) is 19.7 Å². The number of para-hydroxylation sites is 1. The number of phenols is 1. The summed E-state index contributed by atoms with van der Waals surface area (Å²) in [6.45, 7) is 1.36. The Labute approximate surface area is 125 Å². The first-order valence-electron chi connectivity index (χ1n) is 6.48. The molecule has 1 aliphatic rings. The van der Waals surface area contributed by atoms with Crippen LogP contribution in [0.15, 0.2) is 24.3 Å². The van der Waals surface area contributed by atoms with Crippen LogP contribution < -0.4 is 0 Å². The van der Waals surface area contributed by atoms with Gasteiger partial charge >= 0.3 is 0 Å². The van der Waals surface area contributed by atoms with Crippen LogP contribution in [-0.4, -0.2) is 46.2 Å². The zero-order valence-electron chi connectivity index (χ0n) is 11.1. The molecule has 1 aromatic carbocycles. The number of phenolic OH excluding ortho intramolecular Hbond substituents is 1. The van der Waals surface area contributed by atoms with Crippen LogP contribution in [0.3, 0.4) is 0 Å². The number of amides is 1. The zero-order valence-corrected chi connectivity index (χ0v) is 11.9. The quantitative estimate of drug-likeness (QED) is 0.844. The van der Waals surface area contributed by atoms with Crippen molar-refractivity contribution >= 4 is 17.7 Å². The van der Waals surface area contributed by atoms with Crippen molar-refractivity contribution in [3.05, 3.63) is 29.1 Å². The molecule has 1 saturated heterocycles. The third-order valence-electron chi connectivity index (χ3n) is 3.31. The fraction of sp³-hybridized carbons (Fsp3) is 0.286. The Morgan fingerprint density at radius 3 is 2.95 bits per heavy atom. The number of rotatable bonds is 3. The van der Waals surface area contributed by atoms with Crippen molar-refractivity contribution < 1.29 is 19.7 Å². The average molecular weight is 306 g/mol. The number of aromatic nitrogens is 1. The van der Waals surface area contributed by atoms with E-state index in [1.54, 1.807) is 29.2 Å². The number of carbonyl (C=O) groups is 1. The summed E-state index contributed by atoms with van der Waals surface area (Å²) in [4.78, 5) is 17.1. The van der Waals surface area contributed by atoms with Crippen LogP contribution >= 0.6 is 11.3 Å². The second-order valence-corrected chi connectivity index (χ2v) is 5.71. The summed E-state index contributed by atoms with van der Waals surface area (Å²) in [7, 11) is 0. The van der Waals surface area contributed by atoms with Gasteiger partial charge < -0.3 is 19.8 Å². The summed E-state index contributed by atoms with van der Waals surface area (Å²) in [5.74, 6) is -0.00659. The standard InChI is InChI=1S/C14H14N2O4S/c17-8-16-5-6-20-11(7-16)12-13(19)15-14(21-12)9-3-1-2-4-10(9)18/h1-4,8,11,18-19H,5-7H2. The minimum atomic E-state index is -0.388. The molecule has 0 bridgehead atoms. The molecule has 2 heterocycles. The minimum absolute atomic E-state index is 0.108. The number of morpholine rings is 1. The van der Waals surface area contributed by atoms with Gasteiger partial charge in [0.1, 0.15) is 16.9 Å². The lowest BCUT2D eigenvalue weighted by Crippen LogP contribution is -2.36. The summed E-state index contributed by atoms with van der Waals surface area (Å²) in [6.07, 6.45) is 0.387. The molecule has 3 rings (SSSR count). The van der Waals surface area contributed by atoms with Crippen LogP contribution in [0.1, 0.15) is 11.0 Å². The molecular weight excluding hydrogens is 292 g/mol. The molecule has 1 fully saturated rings. The maximum Gasteiger partial charge on any atom is 0.228 e. The second kappa shape index (κ2) is 5.71. The second-order valence-electron chi connectivity index (χ2n) is 4.68. The number of hydrogen-bond donors (Lipinski definition) is 2. The fourth-order valence-electron chi connectivity index (χ4n) is 2.23. The summed E-state index contributed by atoms with van der Waals surface area (Å²) >= 11 is 1.26. The number of carbonyl (C=O) groups excluding carboxylic acids is 1. The molecule has 1 aliphatic heterocycles. The van der Waals surface area contributed by atoms with Crippen LogP contribution in [0.25, 0.3) is 10.6 Å². The first kappa shape index (κ1) is 13.8. The number of ether oxygens (including phenoxy) is 1. The molecule has 0 aliphatic carbocycles. The molecule has 0 radical (unpaired) electrons. The summed E-state index contributed by atoms with van der Waals surface area (Å²) < 4.78 is 5.60. The van der Waals surface area contributed by atoms with Crippen LogP contribution in [-0.2, 0) is 9.53 Å². The van der Waals surface area contributed by atoms with Gasteiger partial charge in [0.25, 0.3) is 0 Å². The normalized spacial score (nSPS) is 18.7. The van der Waals surface area contributed by atoms with E-state index in [2.05, 4.69) is 4.98 Å². The maximum atomic E-state index is 10.9. The predicted octanol–water partition coefficient (Wildman–Crippen LogP) is 1.75. The van der Waals surface area contributed by atoms with E-state index in [0.717, 1.165) is 6.41 Å². The lowest BCUT2D eigenvalue weighted by atomic mass is 10.2. The van der Waals surface area contributed by atoms with Crippen LogP contribution in [0.5, 0.6) is 11.6 Å². The highest BCUT2D eigenvalue weighted by atomic mass is 32.1. The van der Waals surface area contributed by atoms with Crippen molar-refractivity contribution in [1.82, 2.24) is 9.88 Å². The summed E-state index contributed by atoms with van der Waals surface area (Å²) in [6, 6.07) is 6.81. The van der Waals surface area contributed by atoms with Crippen molar-refractivity contribution in [1.29, 1.82) is 0 Å². The van der Waals surface area contributed by atoms with E-state index >= 15 is 0 Å². The molecule has 6 nitrogen and oxygen atoms in total. The molecule has 110 valence electrons. The molecule has 2 aromatic rings. The SMILES string of the molecule is O=CN1CCOC(c2sc(-c3ccccc3O)nc2O)C1. The molecule has 1 unspecified atom stereocenters. The highest BCUT2D eigenvalue weighted by molar-refractivity contribution is 7.15. The Kier molecular flexibility index (Phi) is 3.76. The Balaban J connectivity index is 1.91. The number of hydrogen-bond acceptors (Lipinski definition) is 6. The lowest BCUT2D eigenvalue weighted by molar-refractivity contribution is -0.125. The third-order valence-corrected chi connectivity index (χ3v) is 4.48. The largest absolute Gasteiger partial charge is 0.507 e. The fourth-order valence-corrected chi connectivity index (χ4v) is 3.26. The predicted molar refractivity (Wildman–Crippen MR) is 77.2 cm³/mol. The van der Waals surface area contributed by atoms with E-state index in [0.29, 0.717) is 35.1 Å². The van der Waals surface area contributed by atoms with E-state index in [1.807, 2.05) is 0 Å². The van der Waals surface area contributed by atoms with Gasteiger partial charge in [-0.05, 0) is 12.1 Å². The number of nitrogens with zero attached hydrogens (tertiary/aromatic N) is 2. The molecule has 0 spiro atoms. The van der Waals surface area contributed by atoms with Gasteiger partial charge in [0.05, 0.1) is 23.6 Å². The molecule has 2 N–H and O–H groups in total. The smallest absolute Gasteiger partial charge is 0.228 e. The van der Waals surface area contributed by atoms with Gasteiger partial charge in [-0.3, -0.25) is 4.79 Å². The van der Waals surface area contributed by atoms with Gasteiger partial charge in [0.2, 0.25) is 12.3 Å².